The van der Waals surface area contributed by atoms with Gasteiger partial charge in [-0.1, -0.05) is 41.0 Å². The summed E-state index contributed by atoms with van der Waals surface area (Å²) in [6.07, 6.45) is 5.31. The fourth-order valence-electron chi connectivity index (χ4n) is 2.96. The van der Waals surface area contributed by atoms with Crippen LogP contribution in [0.1, 0.15) is 66.7 Å². The van der Waals surface area contributed by atoms with Crippen molar-refractivity contribution in [2.24, 2.45) is 17.3 Å². The van der Waals surface area contributed by atoms with Crippen molar-refractivity contribution in [2.45, 2.75) is 77.2 Å². The SMILES string of the molecule is CCC(C)SC1CC(C(C)(C)CC)CCC1C(=O)O. The van der Waals surface area contributed by atoms with Crippen LogP contribution < -0.4 is 0 Å². The van der Waals surface area contributed by atoms with E-state index in [1.807, 2.05) is 11.8 Å². The molecular formula is C16H30O2S. The van der Waals surface area contributed by atoms with Crippen LogP contribution in [0, 0.1) is 17.3 Å². The first kappa shape index (κ1) is 16.9. The smallest absolute Gasteiger partial charge is 0.307 e. The summed E-state index contributed by atoms with van der Waals surface area (Å²) in [4.78, 5) is 11.4. The second kappa shape index (κ2) is 7.01. The van der Waals surface area contributed by atoms with E-state index in [1.165, 1.54) is 6.42 Å². The maximum absolute atomic E-state index is 11.4. The van der Waals surface area contributed by atoms with Crippen molar-refractivity contribution in [3.05, 3.63) is 0 Å². The summed E-state index contributed by atoms with van der Waals surface area (Å²) >= 11 is 1.91. The standard InChI is InChI=1S/C16H30O2S/c1-6-11(3)19-14-10-12(16(4,5)7-2)8-9-13(14)15(17)18/h11-14H,6-10H2,1-5H3,(H,17,18). The van der Waals surface area contributed by atoms with Gasteiger partial charge in [0, 0.05) is 10.5 Å². The van der Waals surface area contributed by atoms with Crippen LogP contribution in [0.3, 0.4) is 0 Å². The quantitative estimate of drug-likeness (QED) is 0.760. The second-order valence-corrected chi connectivity index (χ2v) is 8.37. The molecule has 0 aliphatic heterocycles. The summed E-state index contributed by atoms with van der Waals surface area (Å²) in [5.74, 6) is -0.0499. The molecule has 4 unspecified atom stereocenters. The highest BCUT2D eigenvalue weighted by Crippen LogP contribution is 2.46. The van der Waals surface area contributed by atoms with Gasteiger partial charge in [-0.05, 0) is 37.0 Å². The highest BCUT2D eigenvalue weighted by molar-refractivity contribution is 8.00. The Bertz CT molecular complexity index is 301. The summed E-state index contributed by atoms with van der Waals surface area (Å²) in [6.45, 7) is 11.3. The van der Waals surface area contributed by atoms with Gasteiger partial charge in [0.1, 0.15) is 0 Å². The van der Waals surface area contributed by atoms with Gasteiger partial charge >= 0.3 is 5.97 Å². The number of hydrogen-bond donors (Lipinski definition) is 1. The summed E-state index contributed by atoms with van der Waals surface area (Å²) < 4.78 is 0. The Morgan fingerprint density at radius 1 is 1.37 bits per heavy atom. The average Bonchev–Trinajstić information content (AvgIpc) is 2.38. The van der Waals surface area contributed by atoms with E-state index in [4.69, 9.17) is 0 Å². The van der Waals surface area contributed by atoms with Crippen LogP contribution in [0.4, 0.5) is 0 Å². The lowest BCUT2D eigenvalue weighted by Gasteiger charge is -2.42. The van der Waals surface area contributed by atoms with Gasteiger partial charge in [0.05, 0.1) is 5.92 Å². The van der Waals surface area contributed by atoms with Crippen LogP contribution in [-0.4, -0.2) is 21.6 Å². The maximum atomic E-state index is 11.4. The first-order chi connectivity index (χ1) is 8.81. The second-order valence-electron chi connectivity index (χ2n) is 6.69. The molecule has 19 heavy (non-hydrogen) atoms. The van der Waals surface area contributed by atoms with Gasteiger partial charge in [-0.25, -0.2) is 0 Å². The fraction of sp³-hybridized carbons (Fsp3) is 0.938. The summed E-state index contributed by atoms with van der Waals surface area (Å²) in [6, 6.07) is 0. The fourth-order valence-corrected chi connectivity index (χ4v) is 4.53. The Balaban J connectivity index is 2.76. The predicted molar refractivity (Wildman–Crippen MR) is 83.7 cm³/mol. The number of hydrogen-bond acceptors (Lipinski definition) is 2. The van der Waals surface area contributed by atoms with Crippen LogP contribution in [0.25, 0.3) is 0 Å². The zero-order valence-corrected chi connectivity index (χ0v) is 13.9. The lowest BCUT2D eigenvalue weighted by atomic mass is 9.67. The van der Waals surface area contributed by atoms with Gasteiger partial charge in [0.2, 0.25) is 0 Å². The Morgan fingerprint density at radius 2 is 2.00 bits per heavy atom. The van der Waals surface area contributed by atoms with E-state index < -0.39 is 5.97 Å². The Morgan fingerprint density at radius 3 is 2.47 bits per heavy atom. The normalized spacial score (nSPS) is 30.1. The highest BCUT2D eigenvalue weighted by atomic mass is 32.2. The third kappa shape index (κ3) is 4.40. The summed E-state index contributed by atoms with van der Waals surface area (Å²) in [7, 11) is 0. The summed E-state index contributed by atoms with van der Waals surface area (Å²) in [5.41, 5.74) is 0.345. The van der Waals surface area contributed by atoms with E-state index in [-0.39, 0.29) is 5.92 Å². The lowest BCUT2D eigenvalue weighted by molar-refractivity contribution is -0.143. The third-order valence-corrected chi connectivity index (χ3v) is 6.78. The molecule has 0 saturated heterocycles. The molecule has 1 rings (SSSR count). The largest absolute Gasteiger partial charge is 0.481 e. The molecule has 0 aromatic heterocycles. The van der Waals surface area contributed by atoms with Gasteiger partial charge in [0.25, 0.3) is 0 Å². The third-order valence-electron chi connectivity index (χ3n) is 5.11. The highest BCUT2D eigenvalue weighted by Gasteiger charge is 2.40. The maximum Gasteiger partial charge on any atom is 0.307 e. The van der Waals surface area contributed by atoms with E-state index >= 15 is 0 Å². The lowest BCUT2D eigenvalue weighted by Crippen LogP contribution is -2.38. The first-order valence-electron chi connectivity index (χ1n) is 7.70. The minimum absolute atomic E-state index is 0.136. The van der Waals surface area contributed by atoms with Gasteiger partial charge in [-0.15, -0.1) is 0 Å². The minimum Gasteiger partial charge on any atom is -0.481 e. The average molecular weight is 286 g/mol. The molecular weight excluding hydrogens is 256 g/mol. The van der Waals surface area contributed by atoms with Crippen molar-refractivity contribution in [1.82, 2.24) is 0 Å². The van der Waals surface area contributed by atoms with E-state index in [9.17, 15) is 9.90 Å². The minimum atomic E-state index is -0.589. The Kier molecular flexibility index (Phi) is 6.22. The van der Waals surface area contributed by atoms with Crippen LogP contribution in [0.5, 0.6) is 0 Å². The first-order valence-corrected chi connectivity index (χ1v) is 8.64. The van der Waals surface area contributed by atoms with Gasteiger partial charge in [-0.3, -0.25) is 4.79 Å². The number of carbonyl (C=O) groups is 1. The molecule has 1 aliphatic carbocycles. The van der Waals surface area contributed by atoms with E-state index in [2.05, 4.69) is 34.6 Å². The molecule has 0 spiro atoms. The Hall–Kier alpha value is -0.180. The number of aliphatic carboxylic acids is 1. The van der Waals surface area contributed by atoms with Crippen molar-refractivity contribution in [2.75, 3.05) is 0 Å². The van der Waals surface area contributed by atoms with Crippen LogP contribution in [-0.2, 0) is 4.79 Å². The van der Waals surface area contributed by atoms with Crippen molar-refractivity contribution in [1.29, 1.82) is 0 Å². The topological polar surface area (TPSA) is 37.3 Å². The van der Waals surface area contributed by atoms with Crippen molar-refractivity contribution in [3.8, 4) is 0 Å². The van der Waals surface area contributed by atoms with Gasteiger partial charge in [-0.2, -0.15) is 11.8 Å². The van der Waals surface area contributed by atoms with E-state index in [0.717, 1.165) is 25.7 Å². The number of carboxylic acids is 1. The zero-order chi connectivity index (χ0) is 14.6. The summed E-state index contributed by atoms with van der Waals surface area (Å²) in [5, 5.41) is 10.3. The molecule has 1 saturated carbocycles. The van der Waals surface area contributed by atoms with Crippen LogP contribution in [0.2, 0.25) is 0 Å². The van der Waals surface area contributed by atoms with Crippen molar-refractivity contribution in [3.63, 3.8) is 0 Å². The van der Waals surface area contributed by atoms with E-state index in [1.54, 1.807) is 0 Å². The molecule has 0 radical (unpaired) electrons. The van der Waals surface area contributed by atoms with Gasteiger partial charge < -0.3 is 5.11 Å². The molecule has 1 N–H and O–H groups in total. The molecule has 2 nitrogen and oxygen atoms in total. The molecule has 0 aromatic rings. The van der Waals surface area contributed by atoms with Crippen molar-refractivity contribution >= 4 is 17.7 Å². The Labute approximate surface area is 122 Å². The molecule has 0 amide bonds. The number of carboxylic acid groups (broad SMARTS) is 1. The molecule has 1 fully saturated rings. The van der Waals surface area contributed by atoms with Crippen LogP contribution >= 0.6 is 11.8 Å². The van der Waals surface area contributed by atoms with E-state index in [0.29, 0.717) is 21.8 Å². The monoisotopic (exact) mass is 286 g/mol. The molecule has 1 aliphatic rings. The number of thioether (sulfide) groups is 1. The van der Waals surface area contributed by atoms with Crippen molar-refractivity contribution < 1.29 is 9.90 Å². The molecule has 0 bridgehead atoms. The zero-order valence-electron chi connectivity index (χ0n) is 13.1. The molecule has 0 heterocycles. The van der Waals surface area contributed by atoms with Gasteiger partial charge in [0.15, 0.2) is 0 Å². The molecule has 3 heteroatoms. The predicted octanol–water partition coefficient (Wildman–Crippen LogP) is 4.82. The molecule has 4 atom stereocenters. The molecule has 112 valence electrons. The van der Waals surface area contributed by atoms with Crippen LogP contribution in [0.15, 0.2) is 0 Å². The number of rotatable bonds is 6. The molecule has 0 aromatic carbocycles.